The molecular formula is C17H30N2. The van der Waals surface area contributed by atoms with Gasteiger partial charge in [0.15, 0.2) is 0 Å². The van der Waals surface area contributed by atoms with Gasteiger partial charge in [0.1, 0.15) is 0 Å². The average Bonchev–Trinajstić information content (AvgIpc) is 2.41. The average molecular weight is 262 g/mol. The molecular weight excluding hydrogens is 232 g/mol. The highest BCUT2D eigenvalue weighted by atomic mass is 15.1. The molecule has 108 valence electrons. The maximum atomic E-state index is 5.83. The summed E-state index contributed by atoms with van der Waals surface area (Å²) in [6, 6.07) is 8.29. The van der Waals surface area contributed by atoms with E-state index in [0.717, 1.165) is 18.7 Å². The van der Waals surface area contributed by atoms with E-state index >= 15 is 0 Å². The first kappa shape index (κ1) is 16.0. The molecule has 0 unspecified atom stereocenters. The molecule has 1 aromatic rings. The molecule has 0 aliphatic heterocycles. The number of nitrogens with zero attached hydrogens (tertiary/aromatic N) is 1. The highest BCUT2D eigenvalue weighted by Gasteiger charge is 2.04. The molecule has 2 nitrogen and oxygen atoms in total. The zero-order valence-electron chi connectivity index (χ0n) is 12.7. The minimum absolute atomic E-state index is 0.878. The van der Waals surface area contributed by atoms with Gasteiger partial charge in [0.2, 0.25) is 0 Å². The highest BCUT2D eigenvalue weighted by molar-refractivity contribution is 5.40. The standard InChI is InChI=1S/C17H30N2/c1-3-5-7-13-19(12-6-4-2)14-11-16-9-8-10-17(18)15-16/h8-10,15H,3-7,11-14,18H2,1-2H3. The molecule has 0 saturated heterocycles. The number of nitrogen functional groups attached to an aromatic ring is 1. The van der Waals surface area contributed by atoms with Crippen LogP contribution in [0.2, 0.25) is 0 Å². The Morgan fingerprint density at radius 1 is 0.947 bits per heavy atom. The van der Waals surface area contributed by atoms with Crippen LogP contribution < -0.4 is 5.73 Å². The lowest BCUT2D eigenvalue weighted by Crippen LogP contribution is -2.28. The summed E-state index contributed by atoms with van der Waals surface area (Å²) in [6.07, 6.45) is 7.68. The Kier molecular flexibility index (Phi) is 8.31. The van der Waals surface area contributed by atoms with Gasteiger partial charge in [0.05, 0.1) is 0 Å². The van der Waals surface area contributed by atoms with E-state index in [0.29, 0.717) is 0 Å². The van der Waals surface area contributed by atoms with Crippen molar-refractivity contribution in [3.8, 4) is 0 Å². The summed E-state index contributed by atoms with van der Waals surface area (Å²) in [5, 5.41) is 0. The van der Waals surface area contributed by atoms with Gasteiger partial charge < -0.3 is 10.6 Å². The van der Waals surface area contributed by atoms with Crippen LogP contribution in [0.4, 0.5) is 5.69 Å². The fraction of sp³-hybridized carbons (Fsp3) is 0.647. The molecule has 19 heavy (non-hydrogen) atoms. The fourth-order valence-corrected chi connectivity index (χ4v) is 2.34. The van der Waals surface area contributed by atoms with Gasteiger partial charge in [-0.25, -0.2) is 0 Å². The second kappa shape index (κ2) is 9.85. The van der Waals surface area contributed by atoms with Crippen molar-refractivity contribution in [2.24, 2.45) is 0 Å². The normalized spacial score (nSPS) is 11.1. The molecule has 0 aliphatic rings. The SMILES string of the molecule is CCCCCN(CCCC)CCc1cccc(N)c1. The molecule has 1 aromatic carbocycles. The van der Waals surface area contributed by atoms with Crippen molar-refractivity contribution in [1.82, 2.24) is 4.90 Å². The van der Waals surface area contributed by atoms with Gasteiger partial charge in [-0.2, -0.15) is 0 Å². The Morgan fingerprint density at radius 2 is 1.68 bits per heavy atom. The second-order valence-corrected chi connectivity index (χ2v) is 5.40. The van der Waals surface area contributed by atoms with Crippen LogP contribution in [0.1, 0.15) is 51.5 Å². The van der Waals surface area contributed by atoms with Crippen molar-refractivity contribution in [3.63, 3.8) is 0 Å². The molecule has 0 saturated carbocycles. The number of benzene rings is 1. The zero-order valence-corrected chi connectivity index (χ0v) is 12.7. The molecule has 0 spiro atoms. The molecule has 0 atom stereocenters. The first-order valence-electron chi connectivity index (χ1n) is 7.83. The molecule has 2 heteroatoms. The Hall–Kier alpha value is -1.02. The van der Waals surface area contributed by atoms with E-state index in [-0.39, 0.29) is 0 Å². The van der Waals surface area contributed by atoms with E-state index in [2.05, 4.69) is 36.9 Å². The molecule has 0 amide bonds. The summed E-state index contributed by atoms with van der Waals surface area (Å²) in [6.45, 7) is 8.18. The Balaban J connectivity index is 2.37. The third-order valence-corrected chi connectivity index (χ3v) is 3.57. The maximum Gasteiger partial charge on any atom is 0.0316 e. The summed E-state index contributed by atoms with van der Waals surface area (Å²) >= 11 is 0. The van der Waals surface area contributed by atoms with Crippen molar-refractivity contribution < 1.29 is 0 Å². The Labute approximate surface area is 119 Å². The third kappa shape index (κ3) is 7.22. The van der Waals surface area contributed by atoms with E-state index in [4.69, 9.17) is 5.73 Å². The van der Waals surface area contributed by atoms with E-state index in [1.807, 2.05) is 6.07 Å². The van der Waals surface area contributed by atoms with Crippen LogP contribution in [0, 0.1) is 0 Å². The van der Waals surface area contributed by atoms with E-state index < -0.39 is 0 Å². The van der Waals surface area contributed by atoms with Crippen molar-refractivity contribution in [2.45, 2.75) is 52.4 Å². The predicted octanol–water partition coefficient (Wildman–Crippen LogP) is 4.10. The van der Waals surface area contributed by atoms with Gasteiger partial charge in [-0.1, -0.05) is 45.2 Å². The van der Waals surface area contributed by atoms with E-state index in [9.17, 15) is 0 Å². The molecule has 2 N–H and O–H groups in total. The summed E-state index contributed by atoms with van der Waals surface area (Å²) < 4.78 is 0. The summed E-state index contributed by atoms with van der Waals surface area (Å²) in [4.78, 5) is 2.61. The number of unbranched alkanes of at least 4 members (excludes halogenated alkanes) is 3. The van der Waals surface area contributed by atoms with Crippen LogP contribution in [0.15, 0.2) is 24.3 Å². The van der Waals surface area contributed by atoms with Crippen LogP contribution in [-0.4, -0.2) is 24.5 Å². The van der Waals surface area contributed by atoms with Gasteiger partial charge in [0, 0.05) is 12.2 Å². The lowest BCUT2D eigenvalue weighted by Gasteiger charge is -2.22. The van der Waals surface area contributed by atoms with E-state index in [1.54, 1.807) is 0 Å². The summed E-state index contributed by atoms with van der Waals surface area (Å²) in [7, 11) is 0. The predicted molar refractivity (Wildman–Crippen MR) is 85.4 cm³/mol. The molecule has 0 radical (unpaired) electrons. The molecule has 0 aromatic heterocycles. The van der Waals surface area contributed by atoms with Crippen molar-refractivity contribution in [2.75, 3.05) is 25.4 Å². The number of hydrogen-bond acceptors (Lipinski definition) is 2. The van der Waals surface area contributed by atoms with Gasteiger partial charge in [0.25, 0.3) is 0 Å². The smallest absolute Gasteiger partial charge is 0.0316 e. The quantitative estimate of drug-likeness (QED) is 0.508. The van der Waals surface area contributed by atoms with Crippen LogP contribution in [0.25, 0.3) is 0 Å². The van der Waals surface area contributed by atoms with Crippen LogP contribution in [0.5, 0.6) is 0 Å². The van der Waals surface area contributed by atoms with Gasteiger partial charge in [-0.15, -0.1) is 0 Å². The topological polar surface area (TPSA) is 29.3 Å². The second-order valence-electron chi connectivity index (χ2n) is 5.40. The van der Waals surface area contributed by atoms with Crippen LogP contribution in [-0.2, 0) is 6.42 Å². The number of anilines is 1. The minimum atomic E-state index is 0.878. The molecule has 0 fully saturated rings. The molecule has 0 aliphatic carbocycles. The Morgan fingerprint density at radius 3 is 2.37 bits per heavy atom. The number of hydrogen-bond donors (Lipinski definition) is 1. The lowest BCUT2D eigenvalue weighted by atomic mass is 10.1. The zero-order chi connectivity index (χ0) is 13.9. The number of nitrogens with two attached hydrogens (primary N) is 1. The summed E-state index contributed by atoms with van der Waals surface area (Å²) in [5.74, 6) is 0. The molecule has 1 rings (SSSR count). The molecule has 0 bridgehead atoms. The van der Waals surface area contributed by atoms with Gasteiger partial charge in [-0.05, 0) is 50.0 Å². The van der Waals surface area contributed by atoms with Crippen LogP contribution >= 0.6 is 0 Å². The third-order valence-electron chi connectivity index (χ3n) is 3.57. The first-order chi connectivity index (χ1) is 9.26. The van der Waals surface area contributed by atoms with Crippen LogP contribution in [0.3, 0.4) is 0 Å². The first-order valence-corrected chi connectivity index (χ1v) is 7.83. The van der Waals surface area contributed by atoms with Crippen molar-refractivity contribution in [3.05, 3.63) is 29.8 Å². The summed E-state index contributed by atoms with van der Waals surface area (Å²) in [5.41, 5.74) is 8.07. The Bertz CT molecular complexity index is 336. The monoisotopic (exact) mass is 262 g/mol. The largest absolute Gasteiger partial charge is 0.399 e. The van der Waals surface area contributed by atoms with Gasteiger partial charge in [-0.3, -0.25) is 0 Å². The van der Waals surface area contributed by atoms with E-state index in [1.165, 1.54) is 50.8 Å². The van der Waals surface area contributed by atoms with Gasteiger partial charge >= 0.3 is 0 Å². The maximum absolute atomic E-state index is 5.83. The fourth-order valence-electron chi connectivity index (χ4n) is 2.34. The molecule has 0 heterocycles. The highest BCUT2D eigenvalue weighted by Crippen LogP contribution is 2.09. The minimum Gasteiger partial charge on any atom is -0.399 e. The van der Waals surface area contributed by atoms with Crippen molar-refractivity contribution in [1.29, 1.82) is 0 Å². The lowest BCUT2D eigenvalue weighted by molar-refractivity contribution is 0.266. The van der Waals surface area contributed by atoms with Crippen molar-refractivity contribution >= 4 is 5.69 Å². The number of rotatable bonds is 10.